The van der Waals surface area contributed by atoms with Crippen molar-refractivity contribution in [1.29, 1.82) is 0 Å². The lowest BCUT2D eigenvalue weighted by molar-refractivity contribution is 0.0766. The van der Waals surface area contributed by atoms with E-state index in [1.807, 2.05) is 0 Å². The van der Waals surface area contributed by atoms with Crippen LogP contribution in [0.1, 0.15) is 142 Å². The van der Waals surface area contributed by atoms with Crippen LogP contribution in [0.5, 0.6) is 0 Å². The maximum atomic E-state index is 12.1. The molecule has 0 spiro atoms. The molecule has 0 aromatic carbocycles. The number of phosphoric acid groups is 1. The molecule has 0 aromatic heterocycles. The molecule has 0 aliphatic heterocycles. The molecular formula is C27H56ClO5P. The maximum Gasteiger partial charge on any atom is 0.472 e. The number of hydrogen-bond acceptors (Lipinski definition) is 4. The van der Waals surface area contributed by atoms with Gasteiger partial charge in [0, 0.05) is 0 Å². The van der Waals surface area contributed by atoms with E-state index in [-0.39, 0.29) is 25.0 Å². The second-order valence-electron chi connectivity index (χ2n) is 9.97. The molecule has 0 fully saturated rings. The van der Waals surface area contributed by atoms with Crippen molar-refractivity contribution in [2.24, 2.45) is 5.92 Å². The highest BCUT2D eigenvalue weighted by Gasteiger charge is 2.24. The third-order valence-electron chi connectivity index (χ3n) is 6.51. The number of aliphatic hydroxyl groups excluding tert-OH is 1. The number of phosphoric ester groups is 1. The van der Waals surface area contributed by atoms with Crippen LogP contribution < -0.4 is 0 Å². The van der Waals surface area contributed by atoms with Crippen molar-refractivity contribution in [2.45, 2.75) is 148 Å². The van der Waals surface area contributed by atoms with Gasteiger partial charge in [-0.1, -0.05) is 129 Å². The van der Waals surface area contributed by atoms with Crippen LogP contribution >= 0.6 is 19.4 Å². The highest BCUT2D eigenvalue weighted by molar-refractivity contribution is 7.47. The third kappa shape index (κ3) is 24.1. The standard InChI is InChI=1S/C27H56ClO5P/c1-3-5-7-9-11-13-14-16-18-20-22-26(21-19-17-15-12-10-8-6-4-2)24-32-34(30,31)33-25-27(29)23-28/h26-27,29H,3-25H2,1-2H3,(H,30,31). The van der Waals surface area contributed by atoms with Crippen LogP contribution in [-0.2, 0) is 13.6 Å². The number of rotatable bonds is 27. The zero-order valence-corrected chi connectivity index (χ0v) is 24.0. The van der Waals surface area contributed by atoms with E-state index in [0.29, 0.717) is 0 Å². The molecule has 0 saturated heterocycles. The Kier molecular flexibility index (Phi) is 25.3. The minimum atomic E-state index is -4.16. The summed E-state index contributed by atoms with van der Waals surface area (Å²) in [6.07, 6.45) is 24.4. The summed E-state index contributed by atoms with van der Waals surface area (Å²) in [6.45, 7) is 4.44. The molecule has 0 rings (SSSR count). The molecule has 206 valence electrons. The Labute approximate surface area is 216 Å². The molecule has 5 nitrogen and oxygen atoms in total. The van der Waals surface area contributed by atoms with Gasteiger partial charge in [0.05, 0.1) is 25.2 Å². The largest absolute Gasteiger partial charge is 0.472 e. The summed E-state index contributed by atoms with van der Waals surface area (Å²) >= 11 is 5.52. The van der Waals surface area contributed by atoms with Gasteiger partial charge in [-0.15, -0.1) is 11.6 Å². The molecule has 0 aliphatic rings. The fourth-order valence-corrected chi connectivity index (χ4v) is 5.18. The first-order chi connectivity index (χ1) is 16.4. The fourth-order valence-electron chi connectivity index (χ4n) is 4.26. The van der Waals surface area contributed by atoms with Gasteiger partial charge in [0.15, 0.2) is 0 Å². The van der Waals surface area contributed by atoms with Crippen molar-refractivity contribution in [2.75, 3.05) is 19.1 Å². The average molecular weight is 527 g/mol. The van der Waals surface area contributed by atoms with Gasteiger partial charge < -0.3 is 10.00 Å². The summed E-state index contributed by atoms with van der Waals surface area (Å²) in [5, 5.41) is 9.45. The first kappa shape index (κ1) is 34.4. The summed E-state index contributed by atoms with van der Waals surface area (Å²) in [6, 6.07) is 0. The Balaban J connectivity index is 4.18. The molecule has 0 aliphatic carbocycles. The number of alkyl halides is 1. The lowest BCUT2D eigenvalue weighted by Gasteiger charge is -2.20. The summed E-state index contributed by atoms with van der Waals surface area (Å²) in [5.74, 6) is 0.232. The lowest BCUT2D eigenvalue weighted by atomic mass is 9.94. The minimum absolute atomic E-state index is 0.0419. The van der Waals surface area contributed by atoms with E-state index in [1.165, 1.54) is 103 Å². The maximum absolute atomic E-state index is 12.1. The molecule has 3 atom stereocenters. The van der Waals surface area contributed by atoms with Crippen molar-refractivity contribution >= 4 is 19.4 Å². The van der Waals surface area contributed by atoms with Crippen LogP contribution in [0.25, 0.3) is 0 Å². The van der Waals surface area contributed by atoms with Gasteiger partial charge in [-0.25, -0.2) is 4.57 Å². The third-order valence-corrected chi connectivity index (χ3v) is 7.82. The second kappa shape index (κ2) is 25.0. The summed E-state index contributed by atoms with van der Waals surface area (Å²) in [4.78, 5) is 9.92. The summed E-state index contributed by atoms with van der Waals surface area (Å²) in [7, 11) is -4.16. The van der Waals surface area contributed by atoms with E-state index in [2.05, 4.69) is 13.8 Å². The molecule has 0 heterocycles. The molecular weight excluding hydrogens is 471 g/mol. The van der Waals surface area contributed by atoms with Gasteiger partial charge in [-0.2, -0.15) is 0 Å². The molecule has 0 bridgehead atoms. The van der Waals surface area contributed by atoms with Gasteiger partial charge in [0.1, 0.15) is 0 Å². The smallest absolute Gasteiger partial charge is 0.389 e. The topological polar surface area (TPSA) is 76.0 Å². The number of unbranched alkanes of at least 4 members (excludes halogenated alkanes) is 16. The quantitative estimate of drug-likeness (QED) is 0.0633. The molecule has 34 heavy (non-hydrogen) atoms. The number of halogens is 1. The van der Waals surface area contributed by atoms with Gasteiger partial charge >= 0.3 is 7.82 Å². The molecule has 0 aromatic rings. The lowest BCUT2D eigenvalue weighted by Crippen LogP contribution is -2.17. The van der Waals surface area contributed by atoms with Crippen LogP contribution in [0, 0.1) is 5.92 Å². The second-order valence-corrected chi connectivity index (χ2v) is 11.7. The predicted molar refractivity (Wildman–Crippen MR) is 146 cm³/mol. The van der Waals surface area contributed by atoms with Crippen LogP contribution in [0.2, 0.25) is 0 Å². The van der Waals surface area contributed by atoms with E-state index in [1.54, 1.807) is 0 Å². The van der Waals surface area contributed by atoms with Gasteiger partial charge in [0.2, 0.25) is 0 Å². The van der Waals surface area contributed by atoms with E-state index < -0.39 is 13.9 Å². The number of hydrogen-bond donors (Lipinski definition) is 2. The summed E-state index contributed by atoms with van der Waals surface area (Å²) < 4.78 is 22.3. The highest BCUT2D eigenvalue weighted by Crippen LogP contribution is 2.44. The Bertz CT molecular complexity index is 466. The van der Waals surface area contributed by atoms with Crippen molar-refractivity contribution in [1.82, 2.24) is 0 Å². The predicted octanol–water partition coefficient (Wildman–Crippen LogP) is 9.18. The summed E-state index contributed by atoms with van der Waals surface area (Å²) in [5.41, 5.74) is 0. The Hall–Kier alpha value is 0.360. The van der Waals surface area contributed by atoms with E-state index >= 15 is 0 Å². The molecule has 7 heteroatoms. The van der Waals surface area contributed by atoms with Crippen molar-refractivity contribution in [3.8, 4) is 0 Å². The van der Waals surface area contributed by atoms with Gasteiger partial charge in [-0.3, -0.25) is 9.05 Å². The van der Waals surface area contributed by atoms with Crippen LogP contribution in [-0.4, -0.2) is 35.2 Å². The zero-order chi connectivity index (χ0) is 25.3. The van der Waals surface area contributed by atoms with Crippen molar-refractivity contribution in [3.63, 3.8) is 0 Å². The molecule has 2 N–H and O–H groups in total. The van der Waals surface area contributed by atoms with E-state index in [0.717, 1.165) is 25.7 Å². The number of aliphatic hydroxyl groups is 1. The Morgan fingerprint density at radius 3 is 1.38 bits per heavy atom. The van der Waals surface area contributed by atoms with Crippen LogP contribution in [0.15, 0.2) is 0 Å². The molecule has 0 saturated carbocycles. The minimum Gasteiger partial charge on any atom is -0.389 e. The van der Waals surface area contributed by atoms with Crippen LogP contribution in [0.4, 0.5) is 0 Å². The molecule has 0 amide bonds. The monoisotopic (exact) mass is 526 g/mol. The van der Waals surface area contributed by atoms with Gasteiger partial charge in [-0.05, 0) is 18.8 Å². The Morgan fingerprint density at radius 2 is 1.00 bits per heavy atom. The van der Waals surface area contributed by atoms with E-state index in [4.69, 9.17) is 20.6 Å². The van der Waals surface area contributed by atoms with Crippen molar-refractivity contribution in [3.05, 3.63) is 0 Å². The normalized spacial score (nSPS) is 15.3. The van der Waals surface area contributed by atoms with E-state index in [9.17, 15) is 14.6 Å². The SMILES string of the molecule is CCCCCCCCCCCCC(CCCCCCCCCC)COP(=O)(O)OCC(O)CCl. The first-order valence-corrected chi connectivity index (χ1v) is 16.3. The Morgan fingerprint density at radius 1 is 0.647 bits per heavy atom. The molecule has 3 unspecified atom stereocenters. The highest BCUT2D eigenvalue weighted by atomic mass is 35.5. The molecule has 0 radical (unpaired) electrons. The first-order valence-electron chi connectivity index (χ1n) is 14.3. The van der Waals surface area contributed by atoms with Crippen LogP contribution in [0.3, 0.4) is 0 Å². The fraction of sp³-hybridized carbons (Fsp3) is 1.00. The van der Waals surface area contributed by atoms with Crippen molar-refractivity contribution < 1.29 is 23.6 Å². The van der Waals surface area contributed by atoms with Gasteiger partial charge in [0.25, 0.3) is 0 Å². The zero-order valence-electron chi connectivity index (χ0n) is 22.4. The average Bonchev–Trinajstić information content (AvgIpc) is 2.83.